The highest BCUT2D eigenvalue weighted by Crippen LogP contribution is 2.20. The summed E-state index contributed by atoms with van der Waals surface area (Å²) in [7, 11) is 1.34. The summed E-state index contributed by atoms with van der Waals surface area (Å²) in [6.45, 7) is 2.03. The number of aromatic nitrogens is 1. The van der Waals surface area contributed by atoms with Gasteiger partial charge in [0.25, 0.3) is 0 Å². The van der Waals surface area contributed by atoms with E-state index in [1.807, 2.05) is 25.1 Å². The van der Waals surface area contributed by atoms with E-state index in [4.69, 9.17) is 0 Å². The minimum Gasteiger partial charge on any atom is -0.469 e. The second-order valence-electron chi connectivity index (χ2n) is 4.10. The summed E-state index contributed by atoms with van der Waals surface area (Å²) < 4.78 is 4.65. The molecule has 1 N–H and O–H groups in total. The van der Waals surface area contributed by atoms with Crippen molar-refractivity contribution in [2.45, 2.75) is 19.8 Å². The van der Waals surface area contributed by atoms with E-state index >= 15 is 0 Å². The summed E-state index contributed by atoms with van der Waals surface area (Å²) in [5.41, 5.74) is 2.39. The Kier molecular flexibility index (Phi) is 3.46. The molecule has 0 saturated carbocycles. The van der Waals surface area contributed by atoms with E-state index < -0.39 is 0 Å². The van der Waals surface area contributed by atoms with Gasteiger partial charge in [-0.2, -0.15) is 0 Å². The molecule has 0 amide bonds. The molecule has 0 radical (unpaired) electrons. The molecule has 1 heterocycles. The Labute approximate surface area is 105 Å². The molecule has 4 heteroatoms. The largest absolute Gasteiger partial charge is 0.469 e. The Balaban J connectivity index is 2.66. The number of H-pyrrole nitrogens is 1. The van der Waals surface area contributed by atoms with Gasteiger partial charge in [0.05, 0.1) is 19.0 Å². The van der Waals surface area contributed by atoms with Gasteiger partial charge in [-0.05, 0) is 17.5 Å². The Morgan fingerprint density at radius 3 is 2.78 bits per heavy atom. The average Bonchev–Trinajstić information content (AvgIpc) is 2.37. The summed E-state index contributed by atoms with van der Waals surface area (Å²) in [5, 5.41) is 0.902. The Morgan fingerprint density at radius 2 is 2.11 bits per heavy atom. The van der Waals surface area contributed by atoms with Crippen LogP contribution in [0.25, 0.3) is 10.9 Å². The average molecular weight is 245 g/mol. The molecule has 0 spiro atoms. The number of benzene rings is 1. The van der Waals surface area contributed by atoms with Crippen LogP contribution in [-0.2, 0) is 22.4 Å². The normalized spacial score (nSPS) is 10.6. The van der Waals surface area contributed by atoms with Crippen molar-refractivity contribution in [1.29, 1.82) is 0 Å². The van der Waals surface area contributed by atoms with Gasteiger partial charge < -0.3 is 9.72 Å². The van der Waals surface area contributed by atoms with Crippen LogP contribution in [0.3, 0.4) is 0 Å². The van der Waals surface area contributed by atoms with Crippen molar-refractivity contribution >= 4 is 16.9 Å². The van der Waals surface area contributed by atoms with Crippen LogP contribution in [0, 0.1) is 0 Å². The van der Waals surface area contributed by atoms with Crippen LogP contribution in [0.1, 0.15) is 18.1 Å². The van der Waals surface area contributed by atoms with Gasteiger partial charge >= 0.3 is 5.97 Å². The van der Waals surface area contributed by atoms with E-state index in [9.17, 15) is 9.59 Å². The summed E-state index contributed by atoms with van der Waals surface area (Å²) >= 11 is 0. The van der Waals surface area contributed by atoms with Gasteiger partial charge in [0.15, 0.2) is 0 Å². The fourth-order valence-corrected chi connectivity index (χ4v) is 2.08. The molecule has 2 rings (SSSR count). The first-order chi connectivity index (χ1) is 8.65. The zero-order valence-corrected chi connectivity index (χ0v) is 10.4. The smallest absolute Gasteiger partial charge is 0.310 e. The number of esters is 1. The van der Waals surface area contributed by atoms with Crippen LogP contribution in [0.4, 0.5) is 0 Å². The third-order valence-corrected chi connectivity index (χ3v) is 2.99. The molecular formula is C14H15NO3. The predicted octanol–water partition coefficient (Wildman–Crippen LogP) is 1.81. The lowest BCUT2D eigenvalue weighted by Crippen LogP contribution is -2.12. The molecule has 0 atom stereocenters. The number of fused-ring (bicyclic) bond motifs is 1. The number of aryl methyl sites for hydroxylation is 1. The van der Waals surface area contributed by atoms with Gasteiger partial charge in [0.1, 0.15) is 0 Å². The number of ether oxygens (including phenoxy) is 1. The predicted molar refractivity (Wildman–Crippen MR) is 69.7 cm³/mol. The standard InChI is InChI=1S/C14H15NO3/c1-3-9-5-4-6-11-10(8-13(17)18-2)7-12(16)15-14(9)11/h4-7H,3,8H2,1-2H3,(H,15,16). The van der Waals surface area contributed by atoms with Gasteiger partial charge in [-0.1, -0.05) is 25.1 Å². The Morgan fingerprint density at radius 1 is 1.33 bits per heavy atom. The SMILES string of the molecule is CCc1cccc2c(CC(=O)OC)cc(=O)[nH]c12. The molecule has 4 nitrogen and oxygen atoms in total. The quantitative estimate of drug-likeness (QED) is 0.839. The molecule has 1 aromatic carbocycles. The second kappa shape index (κ2) is 5.04. The maximum atomic E-state index is 11.6. The maximum Gasteiger partial charge on any atom is 0.310 e. The molecule has 2 aromatic rings. The Hall–Kier alpha value is -2.10. The lowest BCUT2D eigenvalue weighted by atomic mass is 10.0. The molecule has 0 bridgehead atoms. The van der Waals surface area contributed by atoms with Crippen molar-refractivity contribution in [2.24, 2.45) is 0 Å². The maximum absolute atomic E-state index is 11.6. The molecule has 0 fully saturated rings. The highest BCUT2D eigenvalue weighted by molar-refractivity contribution is 5.88. The van der Waals surface area contributed by atoms with Crippen molar-refractivity contribution in [3.8, 4) is 0 Å². The first-order valence-corrected chi connectivity index (χ1v) is 5.86. The van der Waals surface area contributed by atoms with Crippen molar-refractivity contribution in [3.05, 3.63) is 45.7 Å². The van der Waals surface area contributed by atoms with E-state index in [0.29, 0.717) is 5.56 Å². The lowest BCUT2D eigenvalue weighted by Gasteiger charge is -2.08. The molecule has 0 saturated heterocycles. The van der Waals surface area contributed by atoms with E-state index in [0.717, 1.165) is 22.9 Å². The number of pyridine rings is 1. The van der Waals surface area contributed by atoms with Crippen LogP contribution in [0.2, 0.25) is 0 Å². The number of carbonyl (C=O) groups is 1. The van der Waals surface area contributed by atoms with E-state index in [1.54, 1.807) is 0 Å². The van der Waals surface area contributed by atoms with Gasteiger partial charge in [-0.15, -0.1) is 0 Å². The van der Waals surface area contributed by atoms with Crippen LogP contribution < -0.4 is 5.56 Å². The summed E-state index contributed by atoms with van der Waals surface area (Å²) in [5.74, 6) is -0.344. The van der Waals surface area contributed by atoms with Gasteiger partial charge in [-0.3, -0.25) is 9.59 Å². The number of para-hydroxylation sites is 1. The third-order valence-electron chi connectivity index (χ3n) is 2.99. The van der Waals surface area contributed by atoms with Crippen LogP contribution in [-0.4, -0.2) is 18.1 Å². The zero-order chi connectivity index (χ0) is 13.1. The zero-order valence-electron chi connectivity index (χ0n) is 10.4. The highest BCUT2D eigenvalue weighted by Gasteiger charge is 2.10. The molecule has 0 aliphatic heterocycles. The molecule has 0 unspecified atom stereocenters. The molecule has 0 aliphatic carbocycles. The van der Waals surface area contributed by atoms with Crippen LogP contribution in [0.5, 0.6) is 0 Å². The number of hydrogen-bond donors (Lipinski definition) is 1. The highest BCUT2D eigenvalue weighted by atomic mass is 16.5. The van der Waals surface area contributed by atoms with Crippen LogP contribution in [0.15, 0.2) is 29.1 Å². The topological polar surface area (TPSA) is 59.2 Å². The van der Waals surface area contributed by atoms with E-state index in [-0.39, 0.29) is 17.9 Å². The fourth-order valence-electron chi connectivity index (χ4n) is 2.08. The minimum atomic E-state index is -0.344. The number of aromatic amines is 1. The van der Waals surface area contributed by atoms with Crippen LogP contribution >= 0.6 is 0 Å². The van der Waals surface area contributed by atoms with Crippen molar-refractivity contribution in [2.75, 3.05) is 7.11 Å². The van der Waals surface area contributed by atoms with Gasteiger partial charge in [-0.25, -0.2) is 0 Å². The number of methoxy groups -OCH3 is 1. The van der Waals surface area contributed by atoms with Crippen molar-refractivity contribution < 1.29 is 9.53 Å². The second-order valence-corrected chi connectivity index (χ2v) is 4.10. The number of hydrogen-bond acceptors (Lipinski definition) is 3. The van der Waals surface area contributed by atoms with Gasteiger partial charge in [0, 0.05) is 11.5 Å². The van der Waals surface area contributed by atoms with Crippen molar-refractivity contribution in [1.82, 2.24) is 4.98 Å². The molecule has 18 heavy (non-hydrogen) atoms. The van der Waals surface area contributed by atoms with Crippen molar-refractivity contribution in [3.63, 3.8) is 0 Å². The molecule has 1 aromatic heterocycles. The first-order valence-electron chi connectivity index (χ1n) is 5.86. The van der Waals surface area contributed by atoms with E-state index in [2.05, 4.69) is 9.72 Å². The number of rotatable bonds is 3. The van der Waals surface area contributed by atoms with E-state index in [1.165, 1.54) is 13.2 Å². The van der Waals surface area contributed by atoms with Gasteiger partial charge in [0.2, 0.25) is 5.56 Å². The lowest BCUT2D eigenvalue weighted by molar-refractivity contribution is -0.139. The monoisotopic (exact) mass is 245 g/mol. The number of carbonyl (C=O) groups excluding carboxylic acids is 1. The molecule has 94 valence electrons. The fraction of sp³-hybridized carbons (Fsp3) is 0.286. The summed E-state index contributed by atoms with van der Waals surface area (Å²) in [6, 6.07) is 7.27. The summed E-state index contributed by atoms with van der Waals surface area (Å²) in [4.78, 5) is 25.8. The number of nitrogens with one attached hydrogen (secondary N) is 1. The first kappa shape index (κ1) is 12.4. The molecule has 0 aliphatic rings. The Bertz CT molecular complexity index is 643. The minimum absolute atomic E-state index is 0.115. The third kappa shape index (κ3) is 2.27. The molecular weight excluding hydrogens is 230 g/mol. The summed E-state index contributed by atoms with van der Waals surface area (Å²) in [6.07, 6.45) is 0.943.